The zero-order chi connectivity index (χ0) is 10.1. The quantitative estimate of drug-likeness (QED) is 0.708. The van der Waals surface area contributed by atoms with Crippen molar-refractivity contribution in [3.05, 3.63) is 0 Å². The molecule has 1 aliphatic heterocycles. The molecule has 2 unspecified atom stereocenters. The maximum absolute atomic E-state index is 5.63. The molecular formula is C11H24N2. The molecule has 2 nitrogen and oxygen atoms in total. The van der Waals surface area contributed by atoms with E-state index in [-0.39, 0.29) is 0 Å². The summed E-state index contributed by atoms with van der Waals surface area (Å²) >= 11 is 0. The molecule has 2 atom stereocenters. The van der Waals surface area contributed by atoms with E-state index in [1.54, 1.807) is 0 Å². The fourth-order valence-corrected chi connectivity index (χ4v) is 2.43. The van der Waals surface area contributed by atoms with E-state index in [4.69, 9.17) is 5.73 Å². The molecule has 0 saturated carbocycles. The van der Waals surface area contributed by atoms with E-state index in [0.717, 1.165) is 18.4 Å². The monoisotopic (exact) mass is 184 g/mol. The number of piperidine rings is 1. The lowest BCUT2D eigenvalue weighted by Gasteiger charge is -2.49. The summed E-state index contributed by atoms with van der Waals surface area (Å²) in [5.74, 6) is 1.59. The van der Waals surface area contributed by atoms with Gasteiger partial charge in [0, 0.05) is 5.54 Å². The van der Waals surface area contributed by atoms with Gasteiger partial charge in [0.25, 0.3) is 0 Å². The summed E-state index contributed by atoms with van der Waals surface area (Å²) in [7, 11) is 2.23. The lowest BCUT2D eigenvalue weighted by molar-refractivity contribution is 0.0113. The van der Waals surface area contributed by atoms with Crippen molar-refractivity contribution in [1.29, 1.82) is 0 Å². The van der Waals surface area contributed by atoms with Crippen LogP contribution in [0.15, 0.2) is 0 Å². The molecule has 0 spiro atoms. The first kappa shape index (κ1) is 11.0. The van der Waals surface area contributed by atoms with Crippen LogP contribution in [0, 0.1) is 11.8 Å². The fraction of sp³-hybridized carbons (Fsp3) is 1.00. The number of rotatable bonds is 2. The Balaban J connectivity index is 2.64. The molecule has 1 saturated heterocycles. The van der Waals surface area contributed by atoms with E-state index in [2.05, 4.69) is 32.7 Å². The maximum Gasteiger partial charge on any atom is 0.0178 e. The van der Waals surface area contributed by atoms with Gasteiger partial charge in [-0.05, 0) is 58.7 Å². The maximum atomic E-state index is 5.63. The van der Waals surface area contributed by atoms with E-state index < -0.39 is 0 Å². The van der Waals surface area contributed by atoms with Gasteiger partial charge in [0.2, 0.25) is 0 Å². The summed E-state index contributed by atoms with van der Waals surface area (Å²) < 4.78 is 0. The van der Waals surface area contributed by atoms with E-state index >= 15 is 0 Å². The summed E-state index contributed by atoms with van der Waals surface area (Å²) in [5.41, 5.74) is 5.98. The van der Waals surface area contributed by atoms with E-state index in [0.29, 0.717) is 5.54 Å². The number of hydrogen-bond donors (Lipinski definition) is 1. The minimum Gasteiger partial charge on any atom is -0.330 e. The number of nitrogens with zero attached hydrogens (tertiary/aromatic N) is 1. The minimum absolute atomic E-state index is 0.345. The van der Waals surface area contributed by atoms with Crippen molar-refractivity contribution in [2.24, 2.45) is 17.6 Å². The highest BCUT2D eigenvalue weighted by atomic mass is 15.2. The Morgan fingerprint density at radius 1 is 1.46 bits per heavy atom. The Morgan fingerprint density at radius 2 is 2.08 bits per heavy atom. The fourth-order valence-electron chi connectivity index (χ4n) is 2.43. The van der Waals surface area contributed by atoms with Gasteiger partial charge < -0.3 is 10.6 Å². The highest BCUT2D eigenvalue weighted by Crippen LogP contribution is 2.37. The normalized spacial score (nSPS) is 34.8. The molecule has 2 N–H and O–H groups in total. The van der Waals surface area contributed by atoms with Crippen LogP contribution >= 0.6 is 0 Å². The molecule has 0 amide bonds. The molecule has 0 aromatic rings. The van der Waals surface area contributed by atoms with Crippen LogP contribution in [-0.2, 0) is 0 Å². The van der Waals surface area contributed by atoms with Gasteiger partial charge in [0.15, 0.2) is 0 Å². The first-order valence-corrected chi connectivity index (χ1v) is 5.41. The second-order valence-corrected chi connectivity index (χ2v) is 4.99. The van der Waals surface area contributed by atoms with Crippen molar-refractivity contribution < 1.29 is 0 Å². The second-order valence-electron chi connectivity index (χ2n) is 4.99. The van der Waals surface area contributed by atoms with Crippen molar-refractivity contribution in [2.45, 2.75) is 39.2 Å². The van der Waals surface area contributed by atoms with Crippen LogP contribution in [0.4, 0.5) is 0 Å². The van der Waals surface area contributed by atoms with Gasteiger partial charge in [-0.25, -0.2) is 0 Å². The Hall–Kier alpha value is -0.0800. The molecule has 0 bridgehead atoms. The Morgan fingerprint density at radius 3 is 2.62 bits per heavy atom. The van der Waals surface area contributed by atoms with Crippen LogP contribution in [0.25, 0.3) is 0 Å². The average Bonchev–Trinajstić information content (AvgIpc) is 2.08. The summed E-state index contributed by atoms with van der Waals surface area (Å²) in [6.07, 6.45) is 2.51. The van der Waals surface area contributed by atoms with E-state index in [9.17, 15) is 0 Å². The van der Waals surface area contributed by atoms with Crippen molar-refractivity contribution in [1.82, 2.24) is 4.90 Å². The molecule has 1 fully saturated rings. The van der Waals surface area contributed by atoms with Crippen LogP contribution in [0.2, 0.25) is 0 Å². The third-order valence-electron chi connectivity index (χ3n) is 4.18. The first-order valence-electron chi connectivity index (χ1n) is 5.41. The number of hydrogen-bond acceptors (Lipinski definition) is 2. The molecule has 0 aliphatic carbocycles. The largest absolute Gasteiger partial charge is 0.330 e. The predicted octanol–water partition coefficient (Wildman–Crippen LogP) is 1.70. The summed E-state index contributed by atoms with van der Waals surface area (Å²) in [6.45, 7) is 9.13. The summed E-state index contributed by atoms with van der Waals surface area (Å²) in [6, 6.07) is 0. The molecule has 0 aromatic carbocycles. The van der Waals surface area contributed by atoms with E-state index in [1.807, 2.05) is 0 Å². The van der Waals surface area contributed by atoms with Crippen LogP contribution in [0.3, 0.4) is 0 Å². The number of nitrogens with two attached hydrogens (primary N) is 1. The molecule has 78 valence electrons. The van der Waals surface area contributed by atoms with Crippen LogP contribution in [0.1, 0.15) is 33.6 Å². The average molecular weight is 184 g/mol. The van der Waals surface area contributed by atoms with Gasteiger partial charge in [-0.1, -0.05) is 6.92 Å². The standard InChI is InChI=1S/C11H24N2/c1-9-10(5-7-12)6-8-13(4)11(9,2)3/h9-10H,5-8,12H2,1-4H3. The Kier molecular flexibility index (Phi) is 3.36. The molecule has 1 aliphatic rings. The minimum atomic E-state index is 0.345. The molecule has 2 heteroatoms. The highest BCUT2D eigenvalue weighted by Gasteiger charge is 2.38. The summed E-state index contributed by atoms with van der Waals surface area (Å²) in [4.78, 5) is 2.48. The van der Waals surface area contributed by atoms with Crippen LogP contribution < -0.4 is 5.73 Å². The van der Waals surface area contributed by atoms with Gasteiger partial charge >= 0.3 is 0 Å². The predicted molar refractivity (Wildman–Crippen MR) is 57.7 cm³/mol. The van der Waals surface area contributed by atoms with Gasteiger partial charge in [-0.3, -0.25) is 0 Å². The Labute approximate surface area is 82.5 Å². The van der Waals surface area contributed by atoms with Crippen LogP contribution in [-0.4, -0.2) is 30.6 Å². The molecule has 13 heavy (non-hydrogen) atoms. The third-order valence-corrected chi connectivity index (χ3v) is 4.18. The lowest BCUT2D eigenvalue weighted by Crippen LogP contribution is -2.53. The van der Waals surface area contributed by atoms with Gasteiger partial charge in [-0.2, -0.15) is 0 Å². The lowest BCUT2D eigenvalue weighted by atomic mass is 9.72. The van der Waals surface area contributed by atoms with E-state index in [1.165, 1.54) is 19.4 Å². The number of likely N-dealkylation sites (tertiary alicyclic amines) is 1. The van der Waals surface area contributed by atoms with Crippen molar-refractivity contribution in [3.8, 4) is 0 Å². The molecule has 0 aromatic heterocycles. The smallest absolute Gasteiger partial charge is 0.0178 e. The van der Waals surface area contributed by atoms with Gasteiger partial charge in [0.05, 0.1) is 0 Å². The highest BCUT2D eigenvalue weighted by molar-refractivity contribution is 4.92. The summed E-state index contributed by atoms with van der Waals surface area (Å²) in [5, 5.41) is 0. The zero-order valence-electron chi connectivity index (χ0n) is 9.51. The van der Waals surface area contributed by atoms with Crippen LogP contribution in [0.5, 0.6) is 0 Å². The molecule has 1 heterocycles. The molecule has 1 rings (SSSR count). The SMILES string of the molecule is CC1C(CCN)CCN(C)C1(C)C. The second kappa shape index (κ2) is 3.97. The first-order chi connectivity index (χ1) is 6.00. The third kappa shape index (κ3) is 2.05. The van der Waals surface area contributed by atoms with Crippen molar-refractivity contribution in [3.63, 3.8) is 0 Å². The van der Waals surface area contributed by atoms with Crippen molar-refractivity contribution >= 4 is 0 Å². The van der Waals surface area contributed by atoms with Crippen molar-refractivity contribution in [2.75, 3.05) is 20.1 Å². The van der Waals surface area contributed by atoms with Gasteiger partial charge in [-0.15, -0.1) is 0 Å². The Bertz CT molecular complexity index is 165. The molecular weight excluding hydrogens is 160 g/mol. The van der Waals surface area contributed by atoms with Gasteiger partial charge in [0.1, 0.15) is 0 Å². The zero-order valence-corrected chi connectivity index (χ0v) is 9.51. The topological polar surface area (TPSA) is 29.3 Å². The molecule has 0 radical (unpaired) electrons.